The summed E-state index contributed by atoms with van der Waals surface area (Å²) in [5, 5.41) is 10.7. The van der Waals surface area contributed by atoms with Gasteiger partial charge in [-0.3, -0.25) is 10.1 Å². The molecule has 0 radical (unpaired) electrons. The van der Waals surface area contributed by atoms with Crippen LogP contribution in [0.5, 0.6) is 11.5 Å². The molecule has 7 heteroatoms. The van der Waals surface area contributed by atoms with Gasteiger partial charge in [0.25, 0.3) is 5.69 Å². The molecule has 0 saturated carbocycles. The summed E-state index contributed by atoms with van der Waals surface area (Å²) in [6.45, 7) is 0. The topological polar surface area (TPSA) is 52.4 Å². The highest BCUT2D eigenvalue weighted by Crippen LogP contribution is 2.30. The summed E-state index contributed by atoms with van der Waals surface area (Å²) in [6, 6.07) is 6.68. The molecule has 2 aromatic carbocycles. The molecule has 0 aliphatic carbocycles. The Hall–Kier alpha value is -2.02. The summed E-state index contributed by atoms with van der Waals surface area (Å²) in [5.41, 5.74) is -0.202. The summed E-state index contributed by atoms with van der Waals surface area (Å²) in [6.07, 6.45) is 0. The number of hydrogen-bond acceptors (Lipinski definition) is 3. The number of benzene rings is 2. The van der Waals surface area contributed by atoms with Crippen molar-refractivity contribution in [1.82, 2.24) is 0 Å². The summed E-state index contributed by atoms with van der Waals surface area (Å²) in [4.78, 5) is 10.1. The van der Waals surface area contributed by atoms with E-state index in [2.05, 4.69) is 15.9 Å². The first-order valence-corrected chi connectivity index (χ1v) is 5.83. The van der Waals surface area contributed by atoms with Crippen molar-refractivity contribution in [2.45, 2.75) is 0 Å². The Morgan fingerprint density at radius 3 is 2.53 bits per heavy atom. The second-order valence-corrected chi connectivity index (χ2v) is 4.49. The monoisotopic (exact) mass is 329 g/mol. The lowest BCUT2D eigenvalue weighted by molar-refractivity contribution is -0.385. The molecule has 0 N–H and O–H groups in total. The predicted molar refractivity (Wildman–Crippen MR) is 67.2 cm³/mol. The second-order valence-electron chi connectivity index (χ2n) is 3.58. The number of nitro benzene ring substituents is 1. The van der Waals surface area contributed by atoms with Crippen molar-refractivity contribution in [2.75, 3.05) is 0 Å². The average Bonchev–Trinajstić information content (AvgIpc) is 2.32. The lowest BCUT2D eigenvalue weighted by Gasteiger charge is -2.07. The standard InChI is InChI=1S/C12H6BrF2NO3/c13-7-3-9(16(17)18)6-10(4-7)19-12-2-1-8(14)5-11(12)15/h1-6H. The van der Waals surface area contributed by atoms with Crippen molar-refractivity contribution in [3.8, 4) is 11.5 Å². The van der Waals surface area contributed by atoms with Gasteiger partial charge in [0.05, 0.1) is 11.0 Å². The number of ether oxygens (including phenoxy) is 1. The van der Waals surface area contributed by atoms with E-state index in [-0.39, 0.29) is 17.2 Å². The Morgan fingerprint density at radius 1 is 1.16 bits per heavy atom. The summed E-state index contributed by atoms with van der Waals surface area (Å²) >= 11 is 3.09. The van der Waals surface area contributed by atoms with Crippen molar-refractivity contribution in [2.24, 2.45) is 0 Å². The van der Waals surface area contributed by atoms with Crippen LogP contribution in [0, 0.1) is 21.7 Å². The molecule has 0 bridgehead atoms. The lowest BCUT2D eigenvalue weighted by atomic mass is 10.3. The first kappa shape index (κ1) is 13.4. The maximum Gasteiger partial charge on any atom is 0.274 e. The molecule has 2 aromatic rings. The lowest BCUT2D eigenvalue weighted by Crippen LogP contribution is -1.92. The number of hydrogen-bond donors (Lipinski definition) is 0. The minimum Gasteiger partial charge on any atom is -0.454 e. The van der Waals surface area contributed by atoms with Crippen LogP contribution in [-0.2, 0) is 0 Å². The molecule has 2 rings (SSSR count). The van der Waals surface area contributed by atoms with E-state index in [9.17, 15) is 18.9 Å². The summed E-state index contributed by atoms with van der Waals surface area (Å²) < 4.78 is 31.7. The maximum absolute atomic E-state index is 13.4. The van der Waals surface area contributed by atoms with E-state index in [0.29, 0.717) is 10.5 Å². The first-order chi connectivity index (χ1) is 8.95. The zero-order valence-electron chi connectivity index (χ0n) is 9.27. The molecule has 0 aliphatic rings. The molecular weight excluding hydrogens is 324 g/mol. The predicted octanol–water partition coefficient (Wildman–Crippen LogP) is 4.43. The molecular formula is C12H6BrF2NO3. The van der Waals surface area contributed by atoms with Crippen LogP contribution in [0.25, 0.3) is 0 Å². The SMILES string of the molecule is O=[N+]([O-])c1cc(Br)cc(Oc2ccc(F)cc2F)c1. The molecule has 0 spiro atoms. The van der Waals surface area contributed by atoms with Gasteiger partial charge in [-0.25, -0.2) is 8.78 Å². The van der Waals surface area contributed by atoms with Crippen LogP contribution < -0.4 is 4.74 Å². The van der Waals surface area contributed by atoms with Crippen molar-refractivity contribution in [3.05, 3.63) is 62.6 Å². The van der Waals surface area contributed by atoms with Crippen LogP contribution in [0.3, 0.4) is 0 Å². The molecule has 19 heavy (non-hydrogen) atoms. The second kappa shape index (κ2) is 5.31. The third-order valence-corrected chi connectivity index (χ3v) is 2.65. The van der Waals surface area contributed by atoms with Gasteiger partial charge >= 0.3 is 0 Å². The quantitative estimate of drug-likeness (QED) is 0.618. The van der Waals surface area contributed by atoms with Crippen molar-refractivity contribution < 1.29 is 18.4 Å². The van der Waals surface area contributed by atoms with Gasteiger partial charge in [0.15, 0.2) is 11.6 Å². The highest BCUT2D eigenvalue weighted by atomic mass is 79.9. The molecule has 0 fully saturated rings. The third-order valence-electron chi connectivity index (χ3n) is 2.19. The van der Waals surface area contributed by atoms with E-state index >= 15 is 0 Å². The molecule has 0 aliphatic heterocycles. The number of nitro groups is 1. The van der Waals surface area contributed by atoms with Crippen LogP contribution in [0.15, 0.2) is 40.9 Å². The van der Waals surface area contributed by atoms with Crippen LogP contribution in [0.2, 0.25) is 0 Å². The minimum absolute atomic E-state index is 0.0755. The molecule has 0 amide bonds. The third kappa shape index (κ3) is 3.25. The van der Waals surface area contributed by atoms with Gasteiger partial charge in [0.2, 0.25) is 0 Å². The first-order valence-electron chi connectivity index (χ1n) is 5.03. The van der Waals surface area contributed by atoms with E-state index in [1.54, 1.807) is 0 Å². The molecule has 98 valence electrons. The minimum atomic E-state index is -0.886. The normalized spacial score (nSPS) is 10.3. The molecule has 4 nitrogen and oxygen atoms in total. The van der Waals surface area contributed by atoms with Gasteiger partial charge in [0, 0.05) is 16.6 Å². The molecule has 0 unspecified atom stereocenters. The van der Waals surface area contributed by atoms with Crippen LogP contribution >= 0.6 is 15.9 Å². The molecule has 0 saturated heterocycles. The van der Waals surface area contributed by atoms with Gasteiger partial charge in [0.1, 0.15) is 11.6 Å². The number of rotatable bonds is 3. The highest BCUT2D eigenvalue weighted by molar-refractivity contribution is 9.10. The Bertz CT molecular complexity index is 649. The van der Waals surface area contributed by atoms with Crippen molar-refractivity contribution >= 4 is 21.6 Å². The van der Waals surface area contributed by atoms with Gasteiger partial charge in [-0.05, 0) is 18.2 Å². The molecule has 0 heterocycles. The van der Waals surface area contributed by atoms with Gasteiger partial charge in [-0.2, -0.15) is 0 Å². The Kier molecular flexibility index (Phi) is 3.75. The summed E-state index contributed by atoms with van der Waals surface area (Å²) in [7, 11) is 0. The van der Waals surface area contributed by atoms with E-state index in [0.717, 1.165) is 18.2 Å². The van der Waals surface area contributed by atoms with Crippen molar-refractivity contribution in [1.29, 1.82) is 0 Å². The van der Waals surface area contributed by atoms with Crippen LogP contribution in [-0.4, -0.2) is 4.92 Å². The molecule has 0 atom stereocenters. The Balaban J connectivity index is 2.35. The fourth-order valence-corrected chi connectivity index (χ4v) is 1.86. The zero-order valence-corrected chi connectivity index (χ0v) is 10.9. The number of non-ortho nitro benzene ring substituents is 1. The van der Waals surface area contributed by atoms with E-state index in [1.807, 2.05) is 0 Å². The Labute approximate surface area is 114 Å². The fourth-order valence-electron chi connectivity index (χ4n) is 1.40. The number of halogens is 3. The largest absolute Gasteiger partial charge is 0.454 e. The van der Waals surface area contributed by atoms with Crippen molar-refractivity contribution in [3.63, 3.8) is 0 Å². The van der Waals surface area contributed by atoms with Crippen LogP contribution in [0.4, 0.5) is 14.5 Å². The fraction of sp³-hybridized carbons (Fsp3) is 0. The number of nitrogens with zero attached hydrogens (tertiary/aromatic N) is 1. The Morgan fingerprint density at radius 2 is 1.89 bits per heavy atom. The van der Waals surface area contributed by atoms with Crippen LogP contribution in [0.1, 0.15) is 0 Å². The highest BCUT2D eigenvalue weighted by Gasteiger charge is 2.12. The zero-order chi connectivity index (χ0) is 14.0. The smallest absolute Gasteiger partial charge is 0.274 e. The van der Waals surface area contributed by atoms with Gasteiger partial charge in [-0.15, -0.1) is 0 Å². The van der Waals surface area contributed by atoms with E-state index in [1.165, 1.54) is 12.1 Å². The van der Waals surface area contributed by atoms with Gasteiger partial charge in [-0.1, -0.05) is 15.9 Å². The van der Waals surface area contributed by atoms with E-state index < -0.39 is 16.6 Å². The molecule has 0 aromatic heterocycles. The average molecular weight is 330 g/mol. The van der Waals surface area contributed by atoms with Gasteiger partial charge < -0.3 is 4.74 Å². The van der Waals surface area contributed by atoms with E-state index in [4.69, 9.17) is 4.74 Å². The maximum atomic E-state index is 13.4. The summed E-state index contributed by atoms with van der Waals surface area (Å²) in [5.74, 6) is -1.76.